The first-order chi connectivity index (χ1) is 11.7. The topological polar surface area (TPSA) is 94.0 Å². The third-order valence-electron chi connectivity index (χ3n) is 3.57. The quantitative estimate of drug-likeness (QED) is 0.732. The number of aromatic nitrogens is 4. The Kier molecular flexibility index (Phi) is 5.14. The molecule has 0 radical (unpaired) electrons. The molecular formula is C16H17ClN6O. The van der Waals surface area contributed by atoms with Crippen LogP contribution < -0.4 is 5.73 Å². The Morgan fingerprint density at radius 3 is 2.67 bits per heavy atom. The molecule has 1 aromatic carbocycles. The molecule has 0 aliphatic heterocycles. The molecule has 0 bridgehead atoms. The predicted molar refractivity (Wildman–Crippen MR) is 89.0 cm³/mol. The maximum Gasteiger partial charge on any atom is 0.240 e. The largest absolute Gasteiger partial charge is 0.338 e. The lowest BCUT2D eigenvalue weighted by atomic mass is 10.0. The minimum atomic E-state index is -0.115. The smallest absolute Gasteiger partial charge is 0.240 e. The zero-order chi connectivity index (χ0) is 16.9. The van der Waals surface area contributed by atoms with Gasteiger partial charge in [0.05, 0.1) is 31.0 Å². The summed E-state index contributed by atoms with van der Waals surface area (Å²) in [5.74, 6) is 0.988. The molecule has 3 aromatic rings. The van der Waals surface area contributed by atoms with E-state index in [1.54, 1.807) is 18.6 Å². The van der Waals surface area contributed by atoms with Gasteiger partial charge in [-0.3, -0.25) is 14.9 Å². The van der Waals surface area contributed by atoms with Crippen LogP contribution in [-0.4, -0.2) is 32.1 Å². The van der Waals surface area contributed by atoms with Gasteiger partial charge in [0, 0.05) is 17.4 Å². The van der Waals surface area contributed by atoms with E-state index in [9.17, 15) is 0 Å². The molecule has 7 nitrogen and oxygen atoms in total. The van der Waals surface area contributed by atoms with Gasteiger partial charge in [0.1, 0.15) is 0 Å². The summed E-state index contributed by atoms with van der Waals surface area (Å²) in [6, 6.07) is 7.54. The predicted octanol–water partition coefficient (Wildman–Crippen LogP) is 2.19. The number of hydrogen-bond acceptors (Lipinski definition) is 7. The van der Waals surface area contributed by atoms with Crippen LogP contribution >= 0.6 is 11.6 Å². The van der Waals surface area contributed by atoms with Crippen molar-refractivity contribution in [3.63, 3.8) is 0 Å². The maximum absolute atomic E-state index is 6.00. The second-order valence-electron chi connectivity index (χ2n) is 5.31. The van der Waals surface area contributed by atoms with Crippen LogP contribution in [0.25, 0.3) is 0 Å². The van der Waals surface area contributed by atoms with Crippen LogP contribution in [0.5, 0.6) is 0 Å². The summed E-state index contributed by atoms with van der Waals surface area (Å²) in [4.78, 5) is 14.9. The van der Waals surface area contributed by atoms with Crippen molar-refractivity contribution in [2.45, 2.75) is 19.1 Å². The van der Waals surface area contributed by atoms with E-state index in [-0.39, 0.29) is 12.6 Å². The molecule has 0 saturated carbocycles. The highest BCUT2D eigenvalue weighted by Gasteiger charge is 2.22. The van der Waals surface area contributed by atoms with Crippen molar-refractivity contribution < 1.29 is 4.52 Å². The normalized spacial score (nSPS) is 12.5. The fourth-order valence-electron chi connectivity index (χ4n) is 2.50. The number of halogens is 1. The average Bonchev–Trinajstić information content (AvgIpc) is 3.05. The highest BCUT2D eigenvalue weighted by molar-refractivity contribution is 6.30. The summed E-state index contributed by atoms with van der Waals surface area (Å²) < 4.78 is 5.06. The maximum atomic E-state index is 6.00. The number of benzene rings is 1. The molecule has 0 aliphatic rings. The van der Waals surface area contributed by atoms with Crippen LogP contribution in [0.2, 0.25) is 5.02 Å². The van der Waals surface area contributed by atoms with Crippen molar-refractivity contribution >= 4 is 11.6 Å². The standard InChI is InChI=1S/C16H17ClN6O/c1-23(10-14-21-15(8-18)24-22-14)16(13-9-19-6-7-20-13)11-2-4-12(17)5-3-11/h2-7,9,16H,8,10,18H2,1H3. The van der Waals surface area contributed by atoms with Crippen LogP contribution in [0.3, 0.4) is 0 Å². The Balaban J connectivity index is 1.90. The Morgan fingerprint density at radius 1 is 1.25 bits per heavy atom. The van der Waals surface area contributed by atoms with E-state index in [0.717, 1.165) is 11.3 Å². The molecule has 0 spiro atoms. The van der Waals surface area contributed by atoms with Crippen LogP contribution in [0.1, 0.15) is 29.0 Å². The molecule has 2 heterocycles. The van der Waals surface area contributed by atoms with E-state index in [0.29, 0.717) is 23.3 Å². The number of nitrogens with two attached hydrogens (primary N) is 1. The van der Waals surface area contributed by atoms with Crippen molar-refractivity contribution in [2.75, 3.05) is 7.05 Å². The first-order valence-corrected chi connectivity index (χ1v) is 7.78. The Bertz CT molecular complexity index is 777. The van der Waals surface area contributed by atoms with E-state index in [2.05, 4.69) is 25.0 Å². The first kappa shape index (κ1) is 16.5. The fraction of sp³-hybridized carbons (Fsp3) is 0.250. The first-order valence-electron chi connectivity index (χ1n) is 7.40. The van der Waals surface area contributed by atoms with Gasteiger partial charge in [-0.25, -0.2) is 0 Å². The lowest BCUT2D eigenvalue weighted by Crippen LogP contribution is -2.26. The van der Waals surface area contributed by atoms with E-state index in [4.69, 9.17) is 21.9 Å². The number of hydrogen-bond donors (Lipinski definition) is 1. The van der Waals surface area contributed by atoms with E-state index in [1.165, 1.54) is 0 Å². The van der Waals surface area contributed by atoms with Gasteiger partial charge in [-0.2, -0.15) is 4.98 Å². The molecule has 124 valence electrons. The third kappa shape index (κ3) is 3.76. The van der Waals surface area contributed by atoms with Gasteiger partial charge in [-0.05, 0) is 24.7 Å². The zero-order valence-corrected chi connectivity index (χ0v) is 13.9. The number of rotatable bonds is 6. The Morgan fingerprint density at radius 2 is 2.04 bits per heavy atom. The lowest BCUT2D eigenvalue weighted by Gasteiger charge is -2.26. The SMILES string of the molecule is CN(Cc1noc(CN)n1)C(c1ccc(Cl)cc1)c1cnccn1. The molecule has 1 atom stereocenters. The molecule has 0 aliphatic carbocycles. The monoisotopic (exact) mass is 344 g/mol. The van der Waals surface area contributed by atoms with Crippen molar-refractivity contribution in [3.05, 3.63) is 70.9 Å². The summed E-state index contributed by atoms with van der Waals surface area (Å²) in [5.41, 5.74) is 7.38. The Labute approximate surface area is 144 Å². The summed E-state index contributed by atoms with van der Waals surface area (Å²) in [6.07, 6.45) is 5.07. The summed E-state index contributed by atoms with van der Waals surface area (Å²) in [7, 11) is 1.96. The Hall–Kier alpha value is -2.35. The second kappa shape index (κ2) is 7.48. The van der Waals surface area contributed by atoms with Crippen molar-refractivity contribution in [1.29, 1.82) is 0 Å². The summed E-state index contributed by atoms with van der Waals surface area (Å²) in [6.45, 7) is 0.703. The van der Waals surface area contributed by atoms with Crippen LogP contribution in [-0.2, 0) is 13.1 Å². The zero-order valence-electron chi connectivity index (χ0n) is 13.1. The summed E-state index contributed by atoms with van der Waals surface area (Å²) in [5, 5.41) is 4.63. The van der Waals surface area contributed by atoms with Crippen LogP contribution in [0, 0.1) is 0 Å². The molecule has 3 rings (SSSR count). The van der Waals surface area contributed by atoms with Gasteiger partial charge in [-0.15, -0.1) is 0 Å². The van der Waals surface area contributed by atoms with Crippen molar-refractivity contribution in [2.24, 2.45) is 5.73 Å². The molecule has 0 fully saturated rings. The minimum absolute atomic E-state index is 0.115. The van der Waals surface area contributed by atoms with Crippen LogP contribution in [0.4, 0.5) is 0 Å². The highest BCUT2D eigenvalue weighted by atomic mass is 35.5. The average molecular weight is 345 g/mol. The summed E-state index contributed by atoms with van der Waals surface area (Å²) >= 11 is 6.00. The molecule has 0 amide bonds. The molecular weight excluding hydrogens is 328 g/mol. The van der Waals surface area contributed by atoms with E-state index in [1.807, 2.05) is 31.3 Å². The second-order valence-corrected chi connectivity index (χ2v) is 5.74. The van der Waals surface area contributed by atoms with Gasteiger partial charge >= 0.3 is 0 Å². The highest BCUT2D eigenvalue weighted by Crippen LogP contribution is 2.27. The minimum Gasteiger partial charge on any atom is -0.338 e. The molecule has 0 saturated heterocycles. The van der Waals surface area contributed by atoms with E-state index >= 15 is 0 Å². The fourth-order valence-corrected chi connectivity index (χ4v) is 2.63. The van der Waals surface area contributed by atoms with Crippen LogP contribution in [0.15, 0.2) is 47.4 Å². The molecule has 24 heavy (non-hydrogen) atoms. The van der Waals surface area contributed by atoms with Gasteiger partial charge < -0.3 is 10.3 Å². The molecule has 8 heteroatoms. The van der Waals surface area contributed by atoms with Crippen molar-refractivity contribution in [3.8, 4) is 0 Å². The molecule has 2 N–H and O–H groups in total. The number of nitrogens with zero attached hydrogens (tertiary/aromatic N) is 5. The van der Waals surface area contributed by atoms with Gasteiger partial charge in [-0.1, -0.05) is 28.9 Å². The van der Waals surface area contributed by atoms with E-state index < -0.39 is 0 Å². The third-order valence-corrected chi connectivity index (χ3v) is 3.82. The molecule has 2 aromatic heterocycles. The lowest BCUT2D eigenvalue weighted by molar-refractivity contribution is 0.254. The van der Waals surface area contributed by atoms with Gasteiger partial charge in [0.25, 0.3) is 0 Å². The molecule has 1 unspecified atom stereocenters. The van der Waals surface area contributed by atoms with Gasteiger partial charge in [0.2, 0.25) is 5.89 Å². The van der Waals surface area contributed by atoms with Gasteiger partial charge in [0.15, 0.2) is 5.82 Å². The van der Waals surface area contributed by atoms with Crippen molar-refractivity contribution in [1.82, 2.24) is 25.0 Å².